The maximum absolute atomic E-state index is 13.1. The number of benzene rings is 2. The molecule has 1 aromatic heterocycles. The Balaban J connectivity index is 1.50. The Bertz CT molecular complexity index is 1010. The molecule has 2 aromatic carbocycles. The summed E-state index contributed by atoms with van der Waals surface area (Å²) in [4.78, 5) is 20.6. The Morgan fingerprint density at radius 2 is 1.66 bits per heavy atom. The fourth-order valence-corrected chi connectivity index (χ4v) is 3.97. The van der Waals surface area contributed by atoms with Gasteiger partial charge in [0.05, 0.1) is 14.2 Å². The van der Waals surface area contributed by atoms with Gasteiger partial charge < -0.3 is 24.3 Å². The van der Waals surface area contributed by atoms with Crippen LogP contribution in [0.5, 0.6) is 11.5 Å². The van der Waals surface area contributed by atoms with Crippen LogP contribution in [0.15, 0.2) is 36.4 Å². The molecule has 0 bridgehead atoms. The van der Waals surface area contributed by atoms with Gasteiger partial charge in [-0.15, -0.1) is 0 Å². The molecule has 0 atom stereocenters. The van der Waals surface area contributed by atoms with E-state index in [-0.39, 0.29) is 5.91 Å². The first-order chi connectivity index (χ1) is 14.0. The van der Waals surface area contributed by atoms with Crippen molar-refractivity contribution in [1.29, 1.82) is 0 Å². The number of aromatic amines is 1. The first-order valence-electron chi connectivity index (χ1n) is 9.87. The maximum Gasteiger partial charge on any atom is 0.270 e. The average Bonchev–Trinajstić information content (AvgIpc) is 3.17. The average molecular weight is 393 g/mol. The van der Waals surface area contributed by atoms with Crippen LogP contribution in [0.25, 0.3) is 10.9 Å². The number of H-pyrrole nitrogens is 1. The van der Waals surface area contributed by atoms with Gasteiger partial charge in [-0.2, -0.15) is 0 Å². The van der Waals surface area contributed by atoms with Gasteiger partial charge in [-0.3, -0.25) is 4.79 Å². The summed E-state index contributed by atoms with van der Waals surface area (Å²) < 4.78 is 10.7. The summed E-state index contributed by atoms with van der Waals surface area (Å²) in [6.45, 7) is 7.37. The number of aromatic nitrogens is 1. The molecular formula is C23H27N3O3. The number of hydrogen-bond acceptors (Lipinski definition) is 4. The molecule has 152 valence electrons. The molecule has 2 heterocycles. The number of aryl methyl sites for hydroxylation is 1. The third-order valence-electron chi connectivity index (χ3n) is 5.84. The van der Waals surface area contributed by atoms with Crippen LogP contribution >= 0.6 is 0 Å². The molecular weight excluding hydrogens is 366 g/mol. The van der Waals surface area contributed by atoms with E-state index >= 15 is 0 Å². The van der Waals surface area contributed by atoms with Crippen molar-refractivity contribution in [2.24, 2.45) is 0 Å². The number of anilines is 1. The Morgan fingerprint density at radius 1 is 0.966 bits per heavy atom. The molecule has 0 saturated carbocycles. The Labute approximate surface area is 171 Å². The Kier molecular flexibility index (Phi) is 5.09. The van der Waals surface area contributed by atoms with Crippen molar-refractivity contribution in [2.75, 3.05) is 45.3 Å². The summed E-state index contributed by atoms with van der Waals surface area (Å²) in [7, 11) is 3.21. The van der Waals surface area contributed by atoms with Crippen molar-refractivity contribution in [2.45, 2.75) is 13.8 Å². The minimum Gasteiger partial charge on any atom is -0.493 e. The summed E-state index contributed by atoms with van der Waals surface area (Å²) in [6.07, 6.45) is 0. The summed E-state index contributed by atoms with van der Waals surface area (Å²) in [6, 6.07) is 12.0. The van der Waals surface area contributed by atoms with Gasteiger partial charge in [-0.1, -0.05) is 12.1 Å². The molecule has 6 nitrogen and oxygen atoms in total. The molecule has 29 heavy (non-hydrogen) atoms. The number of piperazine rings is 1. The van der Waals surface area contributed by atoms with E-state index in [1.807, 2.05) is 23.1 Å². The van der Waals surface area contributed by atoms with Gasteiger partial charge in [0.25, 0.3) is 5.91 Å². The van der Waals surface area contributed by atoms with Gasteiger partial charge in [0.15, 0.2) is 11.5 Å². The van der Waals surface area contributed by atoms with Crippen LogP contribution in [-0.4, -0.2) is 56.2 Å². The number of nitrogens with one attached hydrogen (secondary N) is 1. The van der Waals surface area contributed by atoms with E-state index in [0.29, 0.717) is 30.3 Å². The molecule has 1 aliphatic rings. The highest BCUT2D eigenvalue weighted by Gasteiger charge is 2.24. The van der Waals surface area contributed by atoms with E-state index in [2.05, 4.69) is 41.9 Å². The Hall–Kier alpha value is -3.15. The summed E-state index contributed by atoms with van der Waals surface area (Å²) in [5.74, 6) is 1.32. The van der Waals surface area contributed by atoms with Crippen LogP contribution < -0.4 is 14.4 Å². The predicted molar refractivity (Wildman–Crippen MR) is 115 cm³/mol. The van der Waals surface area contributed by atoms with E-state index in [1.165, 1.54) is 16.8 Å². The lowest BCUT2D eigenvalue weighted by Crippen LogP contribution is -2.49. The molecule has 3 aromatic rings. The molecule has 6 heteroatoms. The summed E-state index contributed by atoms with van der Waals surface area (Å²) in [5.41, 5.74) is 5.33. The summed E-state index contributed by atoms with van der Waals surface area (Å²) in [5, 5.41) is 0.931. The number of amides is 1. The lowest BCUT2D eigenvalue weighted by Gasteiger charge is -2.36. The van der Waals surface area contributed by atoms with Gasteiger partial charge in [0, 0.05) is 48.8 Å². The molecule has 1 saturated heterocycles. The largest absolute Gasteiger partial charge is 0.493 e. The van der Waals surface area contributed by atoms with Gasteiger partial charge in [0.1, 0.15) is 5.69 Å². The van der Waals surface area contributed by atoms with Gasteiger partial charge in [0.2, 0.25) is 0 Å². The van der Waals surface area contributed by atoms with E-state index in [1.54, 1.807) is 14.2 Å². The summed E-state index contributed by atoms with van der Waals surface area (Å²) >= 11 is 0. The van der Waals surface area contributed by atoms with Crippen molar-refractivity contribution in [1.82, 2.24) is 9.88 Å². The SMILES string of the molecule is COc1cc2cc(C(=O)N3CCN(c4cccc(C)c4C)CC3)[nH]c2cc1OC. The molecule has 0 radical (unpaired) electrons. The van der Waals surface area contributed by atoms with Gasteiger partial charge >= 0.3 is 0 Å². The van der Waals surface area contributed by atoms with E-state index < -0.39 is 0 Å². The number of carbonyl (C=O) groups excluding carboxylic acids is 1. The molecule has 0 spiro atoms. The second-order valence-corrected chi connectivity index (χ2v) is 7.48. The van der Waals surface area contributed by atoms with Crippen LogP contribution in [-0.2, 0) is 0 Å². The topological polar surface area (TPSA) is 57.8 Å². The Morgan fingerprint density at radius 3 is 2.34 bits per heavy atom. The monoisotopic (exact) mass is 393 g/mol. The molecule has 1 fully saturated rings. The van der Waals surface area contributed by atoms with Crippen molar-refractivity contribution >= 4 is 22.5 Å². The fraction of sp³-hybridized carbons (Fsp3) is 0.348. The third-order valence-corrected chi connectivity index (χ3v) is 5.84. The lowest BCUT2D eigenvalue weighted by molar-refractivity contribution is 0.0742. The second kappa shape index (κ2) is 7.70. The molecule has 1 N–H and O–H groups in total. The van der Waals surface area contributed by atoms with Crippen LogP contribution in [0.1, 0.15) is 21.6 Å². The zero-order chi connectivity index (χ0) is 20.5. The smallest absolute Gasteiger partial charge is 0.270 e. The van der Waals surface area contributed by atoms with Gasteiger partial charge in [-0.05, 0) is 43.2 Å². The molecule has 1 aliphatic heterocycles. The standard InChI is InChI=1S/C23H27N3O3/c1-15-6-5-7-20(16(15)2)25-8-10-26(11-9-25)23(27)19-12-17-13-21(28-3)22(29-4)14-18(17)24-19/h5-7,12-14,24H,8-11H2,1-4H3. The van der Waals surface area contributed by atoms with Gasteiger partial charge in [-0.25, -0.2) is 0 Å². The number of methoxy groups -OCH3 is 2. The van der Waals surface area contributed by atoms with Crippen molar-refractivity contribution < 1.29 is 14.3 Å². The van der Waals surface area contributed by atoms with Crippen LogP contribution in [0, 0.1) is 13.8 Å². The molecule has 0 unspecified atom stereocenters. The zero-order valence-corrected chi connectivity index (χ0v) is 17.4. The van der Waals surface area contributed by atoms with Crippen molar-refractivity contribution in [3.63, 3.8) is 0 Å². The van der Waals surface area contributed by atoms with Crippen LogP contribution in [0.3, 0.4) is 0 Å². The van der Waals surface area contributed by atoms with Crippen LogP contribution in [0.4, 0.5) is 5.69 Å². The molecule has 0 aliphatic carbocycles. The maximum atomic E-state index is 13.1. The molecule has 4 rings (SSSR count). The van der Waals surface area contributed by atoms with E-state index in [4.69, 9.17) is 9.47 Å². The quantitative estimate of drug-likeness (QED) is 0.733. The van der Waals surface area contributed by atoms with Crippen LogP contribution in [0.2, 0.25) is 0 Å². The number of hydrogen-bond donors (Lipinski definition) is 1. The predicted octanol–water partition coefficient (Wildman–Crippen LogP) is 3.76. The number of fused-ring (bicyclic) bond motifs is 1. The highest BCUT2D eigenvalue weighted by molar-refractivity contribution is 5.98. The third kappa shape index (κ3) is 3.50. The van der Waals surface area contributed by atoms with E-state index in [0.717, 1.165) is 24.0 Å². The zero-order valence-electron chi connectivity index (χ0n) is 17.4. The minimum atomic E-state index is 0.0275. The number of nitrogens with zero attached hydrogens (tertiary/aromatic N) is 2. The van der Waals surface area contributed by atoms with E-state index in [9.17, 15) is 4.79 Å². The lowest BCUT2D eigenvalue weighted by atomic mass is 10.1. The van der Waals surface area contributed by atoms with Crippen molar-refractivity contribution in [3.05, 3.63) is 53.2 Å². The highest BCUT2D eigenvalue weighted by atomic mass is 16.5. The second-order valence-electron chi connectivity index (χ2n) is 7.48. The number of rotatable bonds is 4. The highest BCUT2D eigenvalue weighted by Crippen LogP contribution is 2.32. The first-order valence-corrected chi connectivity index (χ1v) is 9.87. The normalized spacial score (nSPS) is 14.3. The molecule has 1 amide bonds. The first kappa shape index (κ1) is 19.2. The fourth-order valence-electron chi connectivity index (χ4n) is 3.97. The van der Waals surface area contributed by atoms with Crippen molar-refractivity contribution in [3.8, 4) is 11.5 Å². The number of ether oxygens (including phenoxy) is 2. The number of carbonyl (C=O) groups is 1. The minimum absolute atomic E-state index is 0.0275.